The van der Waals surface area contributed by atoms with Crippen LogP contribution in [0.5, 0.6) is 0 Å². The van der Waals surface area contributed by atoms with Crippen LogP contribution in [0.2, 0.25) is 5.02 Å². The van der Waals surface area contributed by atoms with E-state index in [0.717, 1.165) is 0 Å². The molecular weight excluding hydrogens is 249 g/mol. The Morgan fingerprint density at radius 1 is 1.53 bits per heavy atom. The maximum absolute atomic E-state index is 13.0. The first-order chi connectivity index (χ1) is 8.11. The second-order valence-corrected chi connectivity index (χ2v) is 3.78. The molecule has 17 heavy (non-hydrogen) atoms. The second kappa shape index (κ2) is 4.79. The molecule has 0 spiro atoms. The van der Waals surface area contributed by atoms with E-state index in [4.69, 9.17) is 27.0 Å². The number of nitrogens with zero attached hydrogens (tertiary/aromatic N) is 2. The molecule has 5 nitrogen and oxygen atoms in total. The number of rotatable bonds is 3. The molecule has 0 radical (unpaired) electrons. The van der Waals surface area contributed by atoms with Gasteiger partial charge in [-0.05, 0) is 18.2 Å². The Bertz CT molecular complexity index is 532. The van der Waals surface area contributed by atoms with Crippen molar-refractivity contribution in [3.8, 4) is 11.4 Å². The molecule has 90 valence electrons. The van der Waals surface area contributed by atoms with Crippen LogP contribution in [0.3, 0.4) is 0 Å². The first-order valence-electron chi connectivity index (χ1n) is 4.77. The fourth-order valence-corrected chi connectivity index (χ4v) is 1.40. The van der Waals surface area contributed by atoms with Crippen LogP contribution in [-0.4, -0.2) is 21.9 Å². The van der Waals surface area contributed by atoms with E-state index in [2.05, 4.69) is 10.1 Å². The predicted molar refractivity (Wildman–Crippen MR) is 58.7 cm³/mol. The zero-order valence-corrected chi connectivity index (χ0v) is 9.36. The smallest absolute Gasteiger partial charge is 0.246 e. The number of nitrogens with two attached hydrogens (primary N) is 1. The Kier molecular flexibility index (Phi) is 3.37. The largest absolute Gasteiger partial charge is 0.394 e. The van der Waals surface area contributed by atoms with Crippen LogP contribution in [0.1, 0.15) is 11.9 Å². The van der Waals surface area contributed by atoms with Crippen LogP contribution in [0, 0.1) is 5.82 Å². The summed E-state index contributed by atoms with van der Waals surface area (Å²) in [6.07, 6.45) is 0. The van der Waals surface area contributed by atoms with Crippen molar-refractivity contribution < 1.29 is 14.0 Å². The highest BCUT2D eigenvalue weighted by Gasteiger charge is 2.15. The minimum Gasteiger partial charge on any atom is -0.394 e. The summed E-state index contributed by atoms with van der Waals surface area (Å²) in [6.45, 7) is -0.300. The van der Waals surface area contributed by atoms with Crippen molar-refractivity contribution in [2.24, 2.45) is 5.73 Å². The summed E-state index contributed by atoms with van der Waals surface area (Å²) in [5, 5.41) is 12.5. The van der Waals surface area contributed by atoms with Crippen LogP contribution >= 0.6 is 11.6 Å². The Morgan fingerprint density at radius 3 is 2.94 bits per heavy atom. The van der Waals surface area contributed by atoms with E-state index >= 15 is 0 Å². The molecular formula is C10H9ClFN3O2. The van der Waals surface area contributed by atoms with Crippen LogP contribution < -0.4 is 5.73 Å². The molecule has 1 heterocycles. The standard InChI is InChI=1S/C10H9ClFN3O2/c11-6-3-5(1-2-7(6)12)9-14-10(17-15-9)8(13)4-16/h1-3,8,16H,4,13H2. The topological polar surface area (TPSA) is 85.2 Å². The highest BCUT2D eigenvalue weighted by Crippen LogP contribution is 2.23. The predicted octanol–water partition coefficient (Wildman–Crippen LogP) is 1.52. The van der Waals surface area contributed by atoms with Gasteiger partial charge < -0.3 is 15.4 Å². The molecule has 1 aromatic heterocycles. The molecule has 3 N–H and O–H groups in total. The van der Waals surface area contributed by atoms with Crippen molar-refractivity contribution in [1.29, 1.82) is 0 Å². The van der Waals surface area contributed by atoms with Gasteiger partial charge in [-0.25, -0.2) is 4.39 Å². The number of benzene rings is 1. The lowest BCUT2D eigenvalue weighted by molar-refractivity contribution is 0.237. The molecule has 7 heteroatoms. The summed E-state index contributed by atoms with van der Waals surface area (Å²) in [6, 6.07) is 3.34. The van der Waals surface area contributed by atoms with Gasteiger partial charge in [-0.1, -0.05) is 16.8 Å². The molecule has 0 bridgehead atoms. The first kappa shape index (κ1) is 12.0. The minimum atomic E-state index is -0.729. The first-order valence-corrected chi connectivity index (χ1v) is 5.15. The Labute approximate surface area is 101 Å². The average molecular weight is 258 g/mol. The van der Waals surface area contributed by atoms with Gasteiger partial charge in [-0.3, -0.25) is 0 Å². The number of aromatic nitrogens is 2. The quantitative estimate of drug-likeness (QED) is 0.871. The van der Waals surface area contributed by atoms with Crippen molar-refractivity contribution in [2.75, 3.05) is 6.61 Å². The van der Waals surface area contributed by atoms with Gasteiger partial charge >= 0.3 is 0 Å². The zero-order chi connectivity index (χ0) is 12.4. The lowest BCUT2D eigenvalue weighted by atomic mass is 10.2. The maximum Gasteiger partial charge on any atom is 0.246 e. The SMILES string of the molecule is NC(CO)c1nc(-c2ccc(F)c(Cl)c2)no1. The fraction of sp³-hybridized carbons (Fsp3) is 0.200. The van der Waals surface area contributed by atoms with Gasteiger partial charge in [0.15, 0.2) is 0 Å². The van der Waals surface area contributed by atoms with Crippen LogP contribution in [0.25, 0.3) is 11.4 Å². The monoisotopic (exact) mass is 257 g/mol. The highest BCUT2D eigenvalue weighted by atomic mass is 35.5. The second-order valence-electron chi connectivity index (χ2n) is 3.37. The maximum atomic E-state index is 13.0. The van der Waals surface area contributed by atoms with Crippen molar-refractivity contribution in [2.45, 2.75) is 6.04 Å². The van der Waals surface area contributed by atoms with Gasteiger partial charge in [0, 0.05) is 5.56 Å². The summed E-state index contributed by atoms with van der Waals surface area (Å²) in [4.78, 5) is 3.98. The molecule has 1 aromatic carbocycles. The minimum absolute atomic E-state index is 0.0275. The van der Waals surface area contributed by atoms with E-state index in [1.165, 1.54) is 18.2 Å². The molecule has 0 aliphatic heterocycles. The molecule has 0 amide bonds. The lowest BCUT2D eigenvalue weighted by Gasteiger charge is -1.99. The lowest BCUT2D eigenvalue weighted by Crippen LogP contribution is -2.14. The number of hydrogen-bond acceptors (Lipinski definition) is 5. The summed E-state index contributed by atoms with van der Waals surface area (Å²) in [7, 11) is 0. The molecule has 0 fully saturated rings. The van der Waals surface area contributed by atoms with Gasteiger partial charge in [0.2, 0.25) is 11.7 Å². The third kappa shape index (κ3) is 2.44. The third-order valence-corrected chi connectivity index (χ3v) is 2.42. The molecule has 1 unspecified atom stereocenters. The van der Waals surface area contributed by atoms with E-state index in [-0.39, 0.29) is 23.3 Å². The molecule has 0 aliphatic rings. The molecule has 1 atom stereocenters. The van der Waals surface area contributed by atoms with E-state index in [1.54, 1.807) is 0 Å². The number of aliphatic hydroxyl groups is 1. The third-order valence-electron chi connectivity index (χ3n) is 2.13. The Hall–Kier alpha value is -1.50. The van der Waals surface area contributed by atoms with E-state index in [1.807, 2.05) is 0 Å². The van der Waals surface area contributed by atoms with E-state index in [9.17, 15) is 4.39 Å². The van der Waals surface area contributed by atoms with Gasteiger partial charge in [-0.2, -0.15) is 4.98 Å². The highest BCUT2D eigenvalue weighted by molar-refractivity contribution is 6.31. The summed E-state index contributed by atoms with van der Waals surface area (Å²) in [5.74, 6) is -0.167. The van der Waals surface area contributed by atoms with Crippen molar-refractivity contribution >= 4 is 11.6 Å². The van der Waals surface area contributed by atoms with Gasteiger partial charge in [-0.15, -0.1) is 0 Å². The molecule has 0 saturated heterocycles. The van der Waals surface area contributed by atoms with Crippen molar-refractivity contribution in [3.63, 3.8) is 0 Å². The van der Waals surface area contributed by atoms with Crippen LogP contribution in [-0.2, 0) is 0 Å². The Balaban J connectivity index is 2.33. The van der Waals surface area contributed by atoms with Gasteiger partial charge in [0.05, 0.1) is 11.6 Å². The van der Waals surface area contributed by atoms with E-state index < -0.39 is 11.9 Å². The number of halogens is 2. The summed E-state index contributed by atoms with van der Waals surface area (Å²) >= 11 is 5.63. The molecule has 2 aromatic rings. The zero-order valence-electron chi connectivity index (χ0n) is 8.60. The molecule has 0 aliphatic carbocycles. The van der Waals surface area contributed by atoms with Crippen molar-refractivity contribution in [1.82, 2.24) is 10.1 Å². The number of aliphatic hydroxyl groups excluding tert-OH is 1. The fourth-order valence-electron chi connectivity index (χ4n) is 1.22. The van der Waals surface area contributed by atoms with Crippen LogP contribution in [0.15, 0.2) is 22.7 Å². The summed E-state index contributed by atoms with van der Waals surface area (Å²) < 4.78 is 17.8. The molecule has 0 saturated carbocycles. The normalized spacial score (nSPS) is 12.7. The summed E-state index contributed by atoms with van der Waals surface area (Å²) in [5.41, 5.74) is 6.02. The van der Waals surface area contributed by atoms with Crippen molar-refractivity contribution in [3.05, 3.63) is 34.9 Å². The molecule has 2 rings (SSSR count). The Morgan fingerprint density at radius 2 is 2.29 bits per heavy atom. The van der Waals surface area contributed by atoms with E-state index in [0.29, 0.717) is 5.56 Å². The van der Waals surface area contributed by atoms with Gasteiger partial charge in [0.1, 0.15) is 11.9 Å². The number of hydrogen-bond donors (Lipinski definition) is 2. The van der Waals surface area contributed by atoms with Gasteiger partial charge in [0.25, 0.3) is 0 Å². The van der Waals surface area contributed by atoms with Crippen LogP contribution in [0.4, 0.5) is 4.39 Å². The average Bonchev–Trinajstić information content (AvgIpc) is 2.81.